The third-order valence-electron chi connectivity index (χ3n) is 3.84. The molecule has 0 spiro atoms. The van der Waals surface area contributed by atoms with Crippen molar-refractivity contribution in [3.63, 3.8) is 0 Å². The smallest absolute Gasteiger partial charge is 0.306 e. The summed E-state index contributed by atoms with van der Waals surface area (Å²) in [6.45, 7) is 4.14. The highest BCUT2D eigenvalue weighted by Crippen LogP contribution is 2.26. The topological polar surface area (TPSA) is 54.9 Å². The number of rotatable bonds is 4. The maximum absolute atomic E-state index is 12.9. The summed E-state index contributed by atoms with van der Waals surface area (Å²) in [4.78, 5) is 29.2. The second-order valence-corrected chi connectivity index (χ2v) is 8.27. The van der Waals surface area contributed by atoms with Gasteiger partial charge in [0.2, 0.25) is 0 Å². The number of H-pyrrole nitrogens is 1. The van der Waals surface area contributed by atoms with Crippen LogP contribution >= 0.6 is 39.3 Å². The largest absolute Gasteiger partial charge is 0.329 e. The fourth-order valence-electron chi connectivity index (χ4n) is 2.73. The van der Waals surface area contributed by atoms with Crippen molar-refractivity contribution in [1.82, 2.24) is 9.55 Å². The molecule has 0 radical (unpaired) electrons. The Morgan fingerprint density at radius 2 is 2.00 bits per heavy atom. The normalized spacial score (nSPS) is 11.2. The van der Waals surface area contributed by atoms with Gasteiger partial charge in [0, 0.05) is 14.4 Å². The Kier molecular flexibility index (Phi) is 5.41. The predicted octanol–water partition coefficient (Wildman–Crippen LogP) is 4.57. The van der Waals surface area contributed by atoms with Crippen molar-refractivity contribution in [3.8, 4) is 0 Å². The first-order valence-electron chi connectivity index (χ1n) is 7.75. The zero-order valence-corrected chi connectivity index (χ0v) is 16.9. The van der Waals surface area contributed by atoms with Gasteiger partial charge in [0.05, 0.1) is 17.4 Å². The molecule has 0 saturated carbocycles. The zero-order chi connectivity index (χ0) is 18.1. The second kappa shape index (κ2) is 7.40. The number of aryl methyl sites for hydroxylation is 1. The Bertz CT molecular complexity index is 1080. The van der Waals surface area contributed by atoms with Crippen LogP contribution in [0, 0.1) is 6.92 Å². The molecule has 0 fully saturated rings. The van der Waals surface area contributed by atoms with Crippen molar-refractivity contribution in [3.05, 3.63) is 71.8 Å². The highest BCUT2D eigenvalue weighted by Gasteiger charge is 2.13. The Morgan fingerprint density at radius 3 is 2.72 bits per heavy atom. The molecule has 0 saturated heterocycles. The van der Waals surface area contributed by atoms with Crippen LogP contribution in [0.1, 0.15) is 18.1 Å². The third-order valence-corrected chi connectivity index (χ3v) is 5.70. The molecular weight excluding hydrogens is 424 g/mol. The quantitative estimate of drug-likeness (QED) is 0.606. The summed E-state index contributed by atoms with van der Waals surface area (Å²) < 4.78 is 1.92. The fourth-order valence-corrected chi connectivity index (χ4v) is 4.38. The van der Waals surface area contributed by atoms with Crippen LogP contribution in [0.15, 0.2) is 49.3 Å². The van der Waals surface area contributed by atoms with Gasteiger partial charge in [-0.05, 0) is 70.1 Å². The van der Waals surface area contributed by atoms with E-state index >= 15 is 0 Å². The molecule has 1 N–H and O–H groups in total. The molecule has 0 aliphatic rings. The van der Waals surface area contributed by atoms with Crippen LogP contribution in [-0.2, 0) is 6.54 Å². The van der Waals surface area contributed by atoms with Gasteiger partial charge < -0.3 is 4.98 Å². The van der Waals surface area contributed by atoms with E-state index in [1.807, 2.05) is 31.2 Å². The van der Waals surface area contributed by atoms with Crippen LogP contribution in [-0.4, -0.2) is 15.3 Å². The van der Waals surface area contributed by atoms with E-state index in [2.05, 4.69) is 27.8 Å². The molecule has 0 bridgehead atoms. The van der Waals surface area contributed by atoms with E-state index in [-0.39, 0.29) is 12.1 Å². The fraction of sp³-hybridized carbons (Fsp3) is 0.222. The van der Waals surface area contributed by atoms with Crippen LogP contribution in [0.3, 0.4) is 0 Å². The van der Waals surface area contributed by atoms with Crippen molar-refractivity contribution in [1.29, 1.82) is 0 Å². The second-order valence-electron chi connectivity index (χ2n) is 5.68. The zero-order valence-electron chi connectivity index (χ0n) is 13.7. The monoisotopic (exact) mass is 438 g/mol. The third kappa shape index (κ3) is 3.71. The number of hydrogen-bond donors (Lipinski definition) is 1. The van der Waals surface area contributed by atoms with Gasteiger partial charge in [0.25, 0.3) is 5.56 Å². The minimum atomic E-state index is -0.436. The van der Waals surface area contributed by atoms with E-state index < -0.39 is 5.69 Å². The maximum Gasteiger partial charge on any atom is 0.329 e. The molecule has 0 aliphatic heterocycles. The lowest BCUT2D eigenvalue weighted by molar-refractivity contribution is 0.703. The first-order chi connectivity index (χ1) is 11.9. The summed E-state index contributed by atoms with van der Waals surface area (Å²) in [5, 5.41) is 1.07. The first-order valence-corrected chi connectivity index (χ1v) is 9.90. The van der Waals surface area contributed by atoms with Crippen LogP contribution in [0.4, 0.5) is 0 Å². The average Bonchev–Trinajstić information content (AvgIpc) is 2.55. The van der Waals surface area contributed by atoms with Crippen LogP contribution in [0.25, 0.3) is 10.9 Å². The molecule has 0 aliphatic carbocycles. The molecule has 0 unspecified atom stereocenters. The number of hydrogen-bond acceptors (Lipinski definition) is 3. The Morgan fingerprint density at radius 1 is 1.24 bits per heavy atom. The number of aromatic amines is 1. The summed E-state index contributed by atoms with van der Waals surface area (Å²) in [5.41, 5.74) is 1.58. The summed E-state index contributed by atoms with van der Waals surface area (Å²) in [5.74, 6) is 0.893. The van der Waals surface area contributed by atoms with Gasteiger partial charge in [-0.3, -0.25) is 9.36 Å². The molecule has 2 aromatic carbocycles. The van der Waals surface area contributed by atoms with Gasteiger partial charge in [0.1, 0.15) is 0 Å². The van der Waals surface area contributed by atoms with Gasteiger partial charge in [-0.1, -0.05) is 18.5 Å². The summed E-state index contributed by atoms with van der Waals surface area (Å²) in [7, 11) is 0. The lowest BCUT2D eigenvalue weighted by Gasteiger charge is -2.12. The molecule has 25 heavy (non-hydrogen) atoms. The molecule has 1 heterocycles. The van der Waals surface area contributed by atoms with Crippen LogP contribution < -0.4 is 11.2 Å². The van der Waals surface area contributed by atoms with Crippen molar-refractivity contribution in [2.24, 2.45) is 0 Å². The van der Waals surface area contributed by atoms with Gasteiger partial charge in [-0.25, -0.2) is 4.79 Å². The van der Waals surface area contributed by atoms with Crippen molar-refractivity contribution in [2.45, 2.75) is 25.3 Å². The first kappa shape index (κ1) is 18.3. The van der Waals surface area contributed by atoms with Gasteiger partial charge in [-0.15, -0.1) is 11.8 Å². The lowest BCUT2D eigenvalue weighted by atomic mass is 10.1. The minimum Gasteiger partial charge on any atom is -0.306 e. The molecule has 0 atom stereocenters. The maximum atomic E-state index is 12.9. The standard InChI is InChI=1S/C18H16BrClN2O2S/c1-3-25-15-5-4-12(20)8-11(15)9-22-17(23)13-6-10(2)7-14(19)16(13)21-18(22)24/h4-8H,3,9H2,1-2H3,(H,21,24). The molecule has 130 valence electrons. The summed E-state index contributed by atoms with van der Waals surface area (Å²) in [6, 6.07) is 9.20. The van der Waals surface area contributed by atoms with Crippen LogP contribution in [0.5, 0.6) is 0 Å². The van der Waals surface area contributed by atoms with Crippen molar-refractivity contribution in [2.75, 3.05) is 5.75 Å². The number of aromatic nitrogens is 2. The van der Waals surface area contributed by atoms with E-state index in [1.165, 1.54) is 4.57 Å². The number of nitrogens with zero attached hydrogens (tertiary/aromatic N) is 1. The van der Waals surface area contributed by atoms with Gasteiger partial charge in [0.15, 0.2) is 0 Å². The molecule has 4 nitrogen and oxygen atoms in total. The molecule has 7 heteroatoms. The Balaban J connectivity index is 2.19. The SMILES string of the molecule is CCSc1ccc(Cl)cc1Cn1c(=O)[nH]c2c(Br)cc(C)cc2c1=O. The minimum absolute atomic E-state index is 0.179. The van der Waals surface area contributed by atoms with Crippen LogP contribution in [0.2, 0.25) is 5.02 Å². The van der Waals surface area contributed by atoms with Gasteiger partial charge >= 0.3 is 5.69 Å². The molecule has 3 rings (SSSR count). The molecule has 1 aromatic heterocycles. The van der Waals surface area contributed by atoms with Crippen molar-refractivity contribution < 1.29 is 0 Å². The summed E-state index contributed by atoms with van der Waals surface area (Å²) in [6.07, 6.45) is 0. The highest BCUT2D eigenvalue weighted by molar-refractivity contribution is 9.10. The highest BCUT2D eigenvalue weighted by atomic mass is 79.9. The van der Waals surface area contributed by atoms with E-state index in [0.717, 1.165) is 21.8 Å². The number of nitrogens with one attached hydrogen (secondary N) is 1. The Labute approximate surface area is 162 Å². The van der Waals surface area contributed by atoms with E-state index in [9.17, 15) is 9.59 Å². The van der Waals surface area contributed by atoms with Gasteiger partial charge in [-0.2, -0.15) is 0 Å². The molecule has 0 amide bonds. The lowest BCUT2D eigenvalue weighted by Crippen LogP contribution is -2.35. The summed E-state index contributed by atoms with van der Waals surface area (Å²) >= 11 is 11.2. The average molecular weight is 440 g/mol. The number of thioether (sulfide) groups is 1. The Hall–Kier alpha value is -1.50. The predicted molar refractivity (Wildman–Crippen MR) is 108 cm³/mol. The van der Waals surface area contributed by atoms with E-state index in [1.54, 1.807) is 17.8 Å². The van der Waals surface area contributed by atoms with E-state index in [0.29, 0.717) is 20.4 Å². The number of fused-ring (bicyclic) bond motifs is 1. The molecular formula is C18H16BrClN2O2S. The van der Waals surface area contributed by atoms with Crippen molar-refractivity contribution >= 4 is 50.2 Å². The van der Waals surface area contributed by atoms with E-state index in [4.69, 9.17) is 11.6 Å². The number of halogens is 2. The number of benzene rings is 2. The molecule has 3 aromatic rings.